The molecule has 0 atom stereocenters. The van der Waals surface area contributed by atoms with E-state index in [-0.39, 0.29) is 0 Å². The van der Waals surface area contributed by atoms with Gasteiger partial charge in [0.25, 0.3) is 0 Å². The molecule has 0 saturated carbocycles. The van der Waals surface area contributed by atoms with Gasteiger partial charge in [-0.2, -0.15) is 0 Å². The maximum atomic E-state index is 2.45. The van der Waals surface area contributed by atoms with Gasteiger partial charge in [0.05, 0.1) is 29.7 Å². The minimum absolute atomic E-state index is 1.25. The predicted molar refractivity (Wildman–Crippen MR) is 151 cm³/mol. The average Bonchev–Trinajstić information content (AvgIpc) is 3.37. The largest absolute Gasteiger partial charge is 0.116 e. The van der Waals surface area contributed by atoms with Crippen molar-refractivity contribution in [1.29, 1.82) is 0 Å². The minimum atomic E-state index is 1.25. The highest BCUT2D eigenvalue weighted by molar-refractivity contribution is 8.42. The maximum Gasteiger partial charge on any atom is 0.0660 e. The summed E-state index contributed by atoms with van der Waals surface area (Å²) in [5.41, 5.74) is 1.39. The van der Waals surface area contributed by atoms with Gasteiger partial charge in [0.15, 0.2) is 0 Å². The molecule has 0 aromatic rings. The van der Waals surface area contributed by atoms with Gasteiger partial charge in [0, 0.05) is 23.0 Å². The fraction of sp³-hybridized carbons (Fsp3) is 0.333. The first kappa shape index (κ1) is 21.8. The quantitative estimate of drug-likeness (QED) is 0.323. The van der Waals surface area contributed by atoms with Crippen LogP contribution in [-0.2, 0) is 0 Å². The van der Waals surface area contributed by atoms with Crippen LogP contribution in [0.25, 0.3) is 0 Å². The Morgan fingerprint density at radius 1 is 0.571 bits per heavy atom. The Bertz CT molecular complexity index is 791. The standard InChI is InChI=1S/C18H16S10/c1-9-10(2)24-14(23-9)11(7-12-25-15-16(26-12)20-4-3-19-15)8-13-27-17-18(28-13)22-6-5-21-17/h7-8H,3-6H2,1-2H3. The fourth-order valence-corrected chi connectivity index (χ4v) is 16.8. The highest BCUT2D eigenvalue weighted by Crippen LogP contribution is 2.62. The molecule has 0 fully saturated rings. The number of hydrogen-bond donors (Lipinski definition) is 0. The van der Waals surface area contributed by atoms with Crippen molar-refractivity contribution in [2.75, 3.05) is 23.0 Å². The molecule has 0 saturated heterocycles. The average molecular weight is 553 g/mol. The normalized spacial score (nSPS) is 25.0. The molecule has 5 aliphatic rings. The van der Waals surface area contributed by atoms with Gasteiger partial charge in [-0.15, -0.1) is 47.0 Å². The van der Waals surface area contributed by atoms with Crippen LogP contribution in [0.3, 0.4) is 0 Å². The Balaban J connectivity index is 1.42. The number of hydrogen-bond acceptors (Lipinski definition) is 10. The SMILES string of the molecule is CC1=C(C)SC(=C(C=C2SC3=C(SCCS3)S2)C=C2SC3=C(SCCS3)S2)S1. The molecule has 0 radical (unpaired) electrons. The molecule has 0 N–H and O–H groups in total. The van der Waals surface area contributed by atoms with E-state index in [9.17, 15) is 0 Å². The third-order valence-electron chi connectivity index (χ3n) is 3.98. The lowest BCUT2D eigenvalue weighted by molar-refractivity contribution is 1.56. The Labute approximate surface area is 209 Å². The Morgan fingerprint density at radius 2 is 0.929 bits per heavy atom. The van der Waals surface area contributed by atoms with Crippen LogP contribution in [-0.4, -0.2) is 23.0 Å². The maximum absolute atomic E-state index is 2.45. The predicted octanol–water partition coefficient (Wildman–Crippen LogP) is 9.79. The molecule has 0 nitrogen and oxygen atoms in total. The summed E-state index contributed by atoms with van der Waals surface area (Å²) >= 11 is 19.9. The van der Waals surface area contributed by atoms with E-state index in [1.807, 2.05) is 118 Å². The lowest BCUT2D eigenvalue weighted by atomic mass is 10.3. The van der Waals surface area contributed by atoms with Crippen molar-refractivity contribution in [2.24, 2.45) is 0 Å². The van der Waals surface area contributed by atoms with Crippen LogP contribution in [0.5, 0.6) is 0 Å². The third kappa shape index (κ3) is 4.96. The van der Waals surface area contributed by atoms with Crippen molar-refractivity contribution in [2.45, 2.75) is 13.8 Å². The van der Waals surface area contributed by atoms with Crippen LogP contribution in [0.1, 0.15) is 13.8 Å². The summed E-state index contributed by atoms with van der Waals surface area (Å²) in [6, 6.07) is 0. The summed E-state index contributed by atoms with van der Waals surface area (Å²) in [7, 11) is 0. The molecule has 0 amide bonds. The highest BCUT2D eigenvalue weighted by atomic mass is 32.3. The highest BCUT2D eigenvalue weighted by Gasteiger charge is 2.28. The van der Waals surface area contributed by atoms with E-state index >= 15 is 0 Å². The molecule has 5 heterocycles. The van der Waals surface area contributed by atoms with E-state index in [4.69, 9.17) is 0 Å². The summed E-state index contributed by atoms with van der Waals surface area (Å²) in [6.45, 7) is 4.49. The van der Waals surface area contributed by atoms with Gasteiger partial charge in [-0.3, -0.25) is 0 Å². The minimum Gasteiger partial charge on any atom is -0.116 e. The van der Waals surface area contributed by atoms with Gasteiger partial charge in [-0.05, 0) is 41.4 Å². The van der Waals surface area contributed by atoms with Crippen molar-refractivity contribution in [3.63, 3.8) is 0 Å². The van der Waals surface area contributed by atoms with Crippen molar-refractivity contribution < 1.29 is 0 Å². The summed E-state index contributed by atoms with van der Waals surface area (Å²) in [4.78, 5) is 2.89. The van der Waals surface area contributed by atoms with E-state index in [0.717, 1.165) is 0 Å². The fourth-order valence-electron chi connectivity index (χ4n) is 2.56. The second kappa shape index (κ2) is 9.83. The van der Waals surface area contributed by atoms with Crippen LogP contribution in [0.15, 0.2) is 57.2 Å². The Morgan fingerprint density at radius 3 is 1.29 bits per heavy atom. The van der Waals surface area contributed by atoms with Crippen LogP contribution in [0.4, 0.5) is 0 Å². The van der Waals surface area contributed by atoms with Crippen molar-refractivity contribution in [3.05, 3.63) is 57.2 Å². The van der Waals surface area contributed by atoms with E-state index < -0.39 is 0 Å². The van der Waals surface area contributed by atoms with Crippen molar-refractivity contribution in [3.8, 4) is 0 Å². The van der Waals surface area contributed by atoms with Crippen LogP contribution < -0.4 is 0 Å². The molecule has 0 unspecified atom stereocenters. The van der Waals surface area contributed by atoms with E-state index in [2.05, 4.69) is 26.0 Å². The number of allylic oxidation sites excluding steroid dienone is 5. The smallest absolute Gasteiger partial charge is 0.0660 e. The topological polar surface area (TPSA) is 0 Å². The first-order valence-electron chi connectivity index (χ1n) is 8.58. The molecule has 5 rings (SSSR count). The lowest BCUT2D eigenvalue weighted by Gasteiger charge is -2.08. The second-order valence-corrected chi connectivity index (χ2v) is 18.8. The zero-order chi connectivity index (χ0) is 19.1. The first-order chi connectivity index (χ1) is 13.7. The molecule has 28 heavy (non-hydrogen) atoms. The third-order valence-corrected chi connectivity index (χ3v) is 18.0. The Hall–Kier alpha value is 1.94. The van der Waals surface area contributed by atoms with Crippen LogP contribution >= 0.6 is 118 Å². The number of rotatable bonds is 2. The molecule has 0 spiro atoms. The first-order valence-corrected chi connectivity index (χ1v) is 17.4. The molecule has 0 aromatic carbocycles. The molecule has 0 aliphatic carbocycles. The molecule has 10 heteroatoms. The monoisotopic (exact) mass is 552 g/mol. The summed E-state index contributed by atoms with van der Waals surface area (Å²) in [5.74, 6) is 4.98. The zero-order valence-corrected chi connectivity index (χ0v) is 23.2. The molecule has 148 valence electrons. The molecule has 5 aliphatic heterocycles. The summed E-state index contributed by atoms with van der Waals surface area (Å²) < 4.78 is 10.4. The molecular formula is C18H16S10. The van der Waals surface area contributed by atoms with Crippen molar-refractivity contribution >= 4 is 118 Å². The molecular weight excluding hydrogens is 537 g/mol. The number of thioether (sulfide) groups is 10. The molecule has 0 bridgehead atoms. The zero-order valence-electron chi connectivity index (χ0n) is 15.1. The van der Waals surface area contributed by atoms with Gasteiger partial charge < -0.3 is 0 Å². The van der Waals surface area contributed by atoms with Gasteiger partial charge in [-0.25, -0.2) is 0 Å². The molecule has 0 aromatic heterocycles. The van der Waals surface area contributed by atoms with Gasteiger partial charge >= 0.3 is 0 Å². The van der Waals surface area contributed by atoms with Gasteiger partial charge in [0.1, 0.15) is 0 Å². The van der Waals surface area contributed by atoms with Crippen LogP contribution in [0.2, 0.25) is 0 Å². The lowest BCUT2D eigenvalue weighted by Crippen LogP contribution is -1.88. The van der Waals surface area contributed by atoms with E-state index in [0.29, 0.717) is 0 Å². The van der Waals surface area contributed by atoms with Crippen molar-refractivity contribution in [1.82, 2.24) is 0 Å². The van der Waals surface area contributed by atoms with Gasteiger partial charge in [0.2, 0.25) is 0 Å². The van der Waals surface area contributed by atoms with Gasteiger partial charge in [-0.1, -0.05) is 70.6 Å². The second-order valence-electron chi connectivity index (χ2n) is 5.94. The van der Waals surface area contributed by atoms with E-state index in [1.54, 1.807) is 0 Å². The Kier molecular flexibility index (Phi) is 7.64. The van der Waals surface area contributed by atoms with Crippen LogP contribution in [0, 0.1) is 0 Å². The summed E-state index contributed by atoms with van der Waals surface area (Å²) in [5, 5.41) is 0. The summed E-state index contributed by atoms with van der Waals surface area (Å²) in [6.07, 6.45) is 4.89. The van der Waals surface area contributed by atoms with E-state index in [1.165, 1.54) is 68.1 Å².